The van der Waals surface area contributed by atoms with Gasteiger partial charge in [-0.25, -0.2) is 4.79 Å². The van der Waals surface area contributed by atoms with E-state index in [1.165, 1.54) is 0 Å². The Labute approximate surface area is 181 Å². The van der Waals surface area contributed by atoms with Crippen molar-refractivity contribution in [3.05, 3.63) is 35.9 Å². The van der Waals surface area contributed by atoms with Crippen LogP contribution in [0, 0.1) is 5.92 Å². The molecule has 1 aromatic rings. The van der Waals surface area contributed by atoms with Crippen LogP contribution < -0.4 is 5.32 Å². The third-order valence-electron chi connectivity index (χ3n) is 5.42. The molecule has 3 amide bonds. The van der Waals surface area contributed by atoms with Crippen LogP contribution >= 0.6 is 0 Å². The Morgan fingerprint density at radius 2 is 1.70 bits per heavy atom. The highest BCUT2D eigenvalue weighted by Crippen LogP contribution is 2.18. The molecule has 1 unspecified atom stereocenters. The molecular weight excluding hydrogens is 380 g/mol. The molecule has 1 atom stereocenters. The predicted molar refractivity (Wildman–Crippen MR) is 119 cm³/mol. The van der Waals surface area contributed by atoms with Crippen molar-refractivity contribution in [3.8, 4) is 0 Å². The second-order valence-electron chi connectivity index (χ2n) is 8.10. The van der Waals surface area contributed by atoms with Crippen molar-refractivity contribution in [3.63, 3.8) is 0 Å². The van der Waals surface area contributed by atoms with Gasteiger partial charge in [-0.2, -0.15) is 0 Å². The van der Waals surface area contributed by atoms with Crippen LogP contribution in [-0.4, -0.2) is 85.7 Å². The van der Waals surface area contributed by atoms with E-state index in [0.717, 1.165) is 25.2 Å². The molecule has 1 heterocycles. The van der Waals surface area contributed by atoms with Crippen LogP contribution in [0.4, 0.5) is 4.79 Å². The van der Waals surface area contributed by atoms with Gasteiger partial charge < -0.3 is 24.8 Å². The molecule has 0 aromatic heterocycles. The number of hydrogen-bond donors (Lipinski definition) is 1. The van der Waals surface area contributed by atoms with Crippen molar-refractivity contribution >= 4 is 11.9 Å². The summed E-state index contributed by atoms with van der Waals surface area (Å²) in [5, 5.41) is 3.03. The number of urea groups is 1. The van der Waals surface area contributed by atoms with E-state index in [2.05, 4.69) is 37.9 Å². The molecule has 1 saturated heterocycles. The largest absolute Gasteiger partial charge is 0.378 e. The Kier molecular flexibility index (Phi) is 10.1. The minimum Gasteiger partial charge on any atom is -0.378 e. The first kappa shape index (κ1) is 24.2. The topological polar surface area (TPSA) is 65.1 Å². The second-order valence-corrected chi connectivity index (χ2v) is 8.10. The van der Waals surface area contributed by atoms with Crippen LogP contribution in [0.25, 0.3) is 0 Å². The van der Waals surface area contributed by atoms with Crippen molar-refractivity contribution in [2.45, 2.75) is 33.7 Å². The first-order chi connectivity index (χ1) is 14.5. The van der Waals surface area contributed by atoms with E-state index in [-0.39, 0.29) is 11.9 Å². The molecule has 7 heteroatoms. The molecule has 1 aliphatic rings. The number of amides is 3. The maximum Gasteiger partial charge on any atom is 0.318 e. The summed E-state index contributed by atoms with van der Waals surface area (Å²) in [5.41, 5.74) is 0.801. The lowest BCUT2D eigenvalue weighted by Gasteiger charge is -2.33. The molecular formula is C23H38N4O3. The van der Waals surface area contributed by atoms with Crippen molar-refractivity contribution in [2.75, 3.05) is 59.0 Å². The van der Waals surface area contributed by atoms with Gasteiger partial charge in [0.1, 0.15) is 6.04 Å². The lowest BCUT2D eigenvalue weighted by Crippen LogP contribution is -2.51. The van der Waals surface area contributed by atoms with Gasteiger partial charge in [0.25, 0.3) is 0 Å². The Morgan fingerprint density at radius 3 is 2.27 bits per heavy atom. The van der Waals surface area contributed by atoms with Crippen molar-refractivity contribution in [1.82, 2.24) is 20.0 Å². The van der Waals surface area contributed by atoms with Gasteiger partial charge in [-0.15, -0.1) is 0 Å². The number of rotatable bonds is 10. The highest BCUT2D eigenvalue weighted by Gasteiger charge is 2.30. The molecule has 168 valence electrons. The number of hydrogen-bond acceptors (Lipinski definition) is 4. The summed E-state index contributed by atoms with van der Waals surface area (Å²) < 4.78 is 5.38. The SMILES string of the molecule is CCN(CC)CCN(CC(C)C)C(=O)NC(C(=O)N1CCOCC1)c1ccccc1. The van der Waals surface area contributed by atoms with E-state index in [4.69, 9.17) is 4.74 Å². The summed E-state index contributed by atoms with van der Waals surface area (Å²) in [5.74, 6) is 0.267. The maximum atomic E-state index is 13.3. The highest BCUT2D eigenvalue weighted by molar-refractivity contribution is 5.88. The summed E-state index contributed by atoms with van der Waals surface area (Å²) in [6, 6.07) is 8.61. The Balaban J connectivity index is 2.15. The lowest BCUT2D eigenvalue weighted by atomic mass is 10.1. The number of likely N-dealkylation sites (N-methyl/N-ethyl adjacent to an activating group) is 1. The summed E-state index contributed by atoms with van der Waals surface area (Å²) in [4.78, 5) is 32.4. The van der Waals surface area contributed by atoms with Crippen molar-refractivity contribution in [2.24, 2.45) is 5.92 Å². The fourth-order valence-electron chi connectivity index (χ4n) is 3.63. The molecule has 0 saturated carbocycles. The number of benzene rings is 1. The molecule has 1 fully saturated rings. The van der Waals surface area contributed by atoms with Crippen LogP contribution in [0.1, 0.15) is 39.3 Å². The molecule has 0 aliphatic carbocycles. The first-order valence-electron chi connectivity index (χ1n) is 11.2. The van der Waals surface area contributed by atoms with E-state index in [0.29, 0.717) is 45.3 Å². The summed E-state index contributed by atoms with van der Waals surface area (Å²) in [6.45, 7) is 14.6. The van der Waals surface area contributed by atoms with E-state index in [1.807, 2.05) is 35.2 Å². The average molecular weight is 419 g/mol. The highest BCUT2D eigenvalue weighted by atomic mass is 16.5. The minimum absolute atomic E-state index is 0.0777. The zero-order chi connectivity index (χ0) is 21.9. The predicted octanol–water partition coefficient (Wildman–Crippen LogP) is 2.60. The molecule has 0 bridgehead atoms. The number of carbonyl (C=O) groups is 2. The lowest BCUT2D eigenvalue weighted by molar-refractivity contribution is -0.137. The van der Waals surface area contributed by atoms with Gasteiger partial charge in [0.05, 0.1) is 13.2 Å². The number of ether oxygens (including phenoxy) is 1. The first-order valence-corrected chi connectivity index (χ1v) is 11.2. The Morgan fingerprint density at radius 1 is 1.07 bits per heavy atom. The van der Waals surface area contributed by atoms with Gasteiger partial charge in [0.2, 0.25) is 5.91 Å². The Hall–Kier alpha value is -2.12. The molecule has 1 aromatic carbocycles. The van der Waals surface area contributed by atoms with Crippen molar-refractivity contribution in [1.29, 1.82) is 0 Å². The van der Waals surface area contributed by atoms with E-state index < -0.39 is 6.04 Å². The van der Waals surface area contributed by atoms with Gasteiger partial charge >= 0.3 is 6.03 Å². The molecule has 2 rings (SSSR count). The average Bonchev–Trinajstić information content (AvgIpc) is 2.77. The van der Waals surface area contributed by atoms with E-state index >= 15 is 0 Å². The number of nitrogens with one attached hydrogen (secondary N) is 1. The van der Waals surface area contributed by atoms with Crippen LogP contribution in [0.5, 0.6) is 0 Å². The van der Waals surface area contributed by atoms with E-state index in [1.54, 1.807) is 4.90 Å². The van der Waals surface area contributed by atoms with Gasteiger partial charge in [-0.1, -0.05) is 58.0 Å². The molecule has 1 N–H and O–H groups in total. The second kappa shape index (κ2) is 12.5. The van der Waals surface area contributed by atoms with Gasteiger partial charge in [0.15, 0.2) is 0 Å². The fraction of sp³-hybridized carbons (Fsp3) is 0.652. The van der Waals surface area contributed by atoms with Gasteiger partial charge in [-0.05, 0) is 24.6 Å². The molecule has 7 nitrogen and oxygen atoms in total. The number of nitrogens with zero attached hydrogens (tertiary/aromatic N) is 3. The van der Waals surface area contributed by atoms with Crippen molar-refractivity contribution < 1.29 is 14.3 Å². The molecule has 0 spiro atoms. The van der Waals surface area contributed by atoms with Crippen LogP contribution in [0.3, 0.4) is 0 Å². The van der Waals surface area contributed by atoms with Crippen LogP contribution in [0.15, 0.2) is 30.3 Å². The monoisotopic (exact) mass is 418 g/mol. The van der Waals surface area contributed by atoms with Gasteiger partial charge in [-0.3, -0.25) is 4.79 Å². The summed E-state index contributed by atoms with van der Waals surface area (Å²) in [7, 11) is 0. The number of morpholine rings is 1. The summed E-state index contributed by atoms with van der Waals surface area (Å²) in [6.07, 6.45) is 0. The smallest absolute Gasteiger partial charge is 0.318 e. The third-order valence-corrected chi connectivity index (χ3v) is 5.42. The third kappa shape index (κ3) is 7.29. The maximum absolute atomic E-state index is 13.3. The zero-order valence-electron chi connectivity index (χ0n) is 19.0. The normalized spacial score (nSPS) is 15.3. The molecule has 30 heavy (non-hydrogen) atoms. The quantitative estimate of drug-likeness (QED) is 0.634. The fourth-order valence-corrected chi connectivity index (χ4v) is 3.63. The standard InChI is InChI=1S/C23H38N4O3/c1-5-25(6-2)12-13-27(18-19(3)4)23(29)24-21(20-10-8-7-9-11-20)22(28)26-14-16-30-17-15-26/h7-11,19,21H,5-6,12-18H2,1-4H3,(H,24,29). The van der Waals surface area contributed by atoms with Crippen LogP contribution in [-0.2, 0) is 9.53 Å². The van der Waals surface area contributed by atoms with E-state index in [9.17, 15) is 9.59 Å². The summed E-state index contributed by atoms with van der Waals surface area (Å²) >= 11 is 0. The zero-order valence-corrected chi connectivity index (χ0v) is 19.0. The molecule has 0 radical (unpaired) electrons. The van der Waals surface area contributed by atoms with Crippen LogP contribution in [0.2, 0.25) is 0 Å². The number of carbonyl (C=O) groups excluding carboxylic acids is 2. The Bertz CT molecular complexity index is 643. The molecule has 1 aliphatic heterocycles. The minimum atomic E-state index is -0.695. The van der Waals surface area contributed by atoms with Gasteiger partial charge in [0, 0.05) is 32.7 Å².